The van der Waals surface area contributed by atoms with E-state index in [1.165, 1.54) is 5.56 Å². The van der Waals surface area contributed by atoms with Crippen molar-refractivity contribution in [2.24, 2.45) is 0 Å². The van der Waals surface area contributed by atoms with E-state index in [2.05, 4.69) is 5.32 Å². The minimum Gasteiger partial charge on any atom is -0.464 e. The van der Waals surface area contributed by atoms with Crippen LogP contribution < -0.4 is 5.32 Å². The fraction of sp³-hybridized carbons (Fsp3) is 0.462. The maximum atomic E-state index is 11.5. The van der Waals surface area contributed by atoms with Crippen molar-refractivity contribution in [2.45, 2.75) is 26.3 Å². The molecule has 1 unspecified atom stereocenters. The lowest BCUT2D eigenvalue weighted by atomic mass is 9.99. The van der Waals surface area contributed by atoms with Gasteiger partial charge in [0.2, 0.25) is 0 Å². The molecular weight excluding hydrogens is 202 g/mol. The molecule has 1 aromatic carbocycles. The average molecular weight is 221 g/mol. The maximum Gasteiger partial charge on any atom is 0.327 e. The van der Waals surface area contributed by atoms with Crippen molar-refractivity contribution in [1.82, 2.24) is 5.32 Å². The molecule has 0 spiro atoms. The molecule has 0 amide bonds. The molecule has 0 radical (unpaired) electrons. The van der Waals surface area contributed by atoms with Crippen LogP contribution in [0.5, 0.6) is 0 Å². The average Bonchev–Trinajstić information content (AvgIpc) is 2.50. The summed E-state index contributed by atoms with van der Waals surface area (Å²) < 4.78 is 5.09. The number of carbonyl (C=O) groups excluding carboxylic acids is 1. The second-order valence-electron chi connectivity index (χ2n) is 3.34. The quantitative estimate of drug-likeness (QED) is 0.738. The SMILES string of the molecule is CC.CNC1C(=O)OCCc2ccccc21. The monoisotopic (exact) mass is 221 g/mol. The van der Waals surface area contributed by atoms with E-state index in [9.17, 15) is 4.79 Å². The van der Waals surface area contributed by atoms with E-state index < -0.39 is 0 Å². The van der Waals surface area contributed by atoms with Gasteiger partial charge in [-0.2, -0.15) is 0 Å². The van der Waals surface area contributed by atoms with Crippen LogP contribution in [0.15, 0.2) is 24.3 Å². The Morgan fingerprint density at radius 3 is 2.69 bits per heavy atom. The number of hydrogen-bond donors (Lipinski definition) is 1. The molecule has 16 heavy (non-hydrogen) atoms. The van der Waals surface area contributed by atoms with Crippen molar-refractivity contribution in [3.8, 4) is 0 Å². The summed E-state index contributed by atoms with van der Waals surface area (Å²) in [6.45, 7) is 4.48. The second kappa shape index (κ2) is 6.28. The van der Waals surface area contributed by atoms with Gasteiger partial charge in [0, 0.05) is 6.42 Å². The molecule has 1 N–H and O–H groups in total. The van der Waals surface area contributed by atoms with Gasteiger partial charge < -0.3 is 10.1 Å². The third kappa shape index (κ3) is 2.61. The number of esters is 1. The molecule has 0 saturated heterocycles. The number of hydrogen-bond acceptors (Lipinski definition) is 3. The molecule has 0 fully saturated rings. The number of carbonyl (C=O) groups is 1. The van der Waals surface area contributed by atoms with Crippen LogP contribution in [-0.2, 0) is 16.0 Å². The first-order chi connectivity index (χ1) is 7.83. The van der Waals surface area contributed by atoms with E-state index in [0.29, 0.717) is 6.61 Å². The Bertz CT molecular complexity index is 350. The zero-order valence-electron chi connectivity index (χ0n) is 10.1. The number of cyclic esters (lactones) is 1. The maximum absolute atomic E-state index is 11.5. The van der Waals surface area contributed by atoms with Gasteiger partial charge in [-0.25, -0.2) is 4.79 Å². The lowest BCUT2D eigenvalue weighted by Crippen LogP contribution is -2.26. The molecule has 1 aliphatic rings. The molecule has 0 bridgehead atoms. The summed E-state index contributed by atoms with van der Waals surface area (Å²) in [7, 11) is 1.77. The summed E-state index contributed by atoms with van der Waals surface area (Å²) in [4.78, 5) is 11.5. The van der Waals surface area contributed by atoms with Crippen molar-refractivity contribution in [2.75, 3.05) is 13.7 Å². The highest BCUT2D eigenvalue weighted by Crippen LogP contribution is 2.22. The minimum absolute atomic E-state index is 0.183. The number of nitrogens with one attached hydrogen (secondary N) is 1. The Morgan fingerprint density at radius 1 is 1.31 bits per heavy atom. The molecule has 3 heteroatoms. The van der Waals surface area contributed by atoms with E-state index in [0.717, 1.165) is 12.0 Å². The molecule has 2 rings (SSSR count). The van der Waals surface area contributed by atoms with Crippen molar-refractivity contribution in [3.63, 3.8) is 0 Å². The largest absolute Gasteiger partial charge is 0.464 e. The van der Waals surface area contributed by atoms with Gasteiger partial charge in [-0.3, -0.25) is 0 Å². The highest BCUT2D eigenvalue weighted by atomic mass is 16.5. The van der Waals surface area contributed by atoms with Crippen LogP contribution in [0.4, 0.5) is 0 Å². The molecule has 0 aliphatic carbocycles. The van der Waals surface area contributed by atoms with Crippen LogP contribution in [0, 0.1) is 0 Å². The zero-order valence-corrected chi connectivity index (χ0v) is 10.1. The minimum atomic E-state index is -0.311. The second-order valence-corrected chi connectivity index (χ2v) is 3.34. The van der Waals surface area contributed by atoms with Crippen LogP contribution in [0.25, 0.3) is 0 Å². The van der Waals surface area contributed by atoms with Crippen molar-refractivity contribution in [1.29, 1.82) is 0 Å². The number of fused-ring (bicyclic) bond motifs is 1. The Balaban J connectivity index is 0.000000606. The Hall–Kier alpha value is -1.35. The van der Waals surface area contributed by atoms with Crippen LogP contribution >= 0.6 is 0 Å². The van der Waals surface area contributed by atoms with E-state index in [1.807, 2.05) is 38.1 Å². The first kappa shape index (κ1) is 12.7. The molecule has 1 aliphatic heterocycles. The first-order valence-corrected chi connectivity index (χ1v) is 5.74. The Kier molecular flexibility index (Phi) is 4.99. The van der Waals surface area contributed by atoms with Crippen LogP contribution in [0.1, 0.15) is 31.0 Å². The van der Waals surface area contributed by atoms with E-state index in [1.54, 1.807) is 7.05 Å². The molecule has 1 heterocycles. The predicted molar refractivity (Wildman–Crippen MR) is 64.3 cm³/mol. The van der Waals surface area contributed by atoms with Gasteiger partial charge in [0.15, 0.2) is 0 Å². The van der Waals surface area contributed by atoms with Gasteiger partial charge in [-0.1, -0.05) is 38.1 Å². The first-order valence-electron chi connectivity index (χ1n) is 5.74. The fourth-order valence-electron chi connectivity index (χ4n) is 1.79. The van der Waals surface area contributed by atoms with Gasteiger partial charge in [-0.15, -0.1) is 0 Å². The Labute approximate surface area is 96.8 Å². The number of rotatable bonds is 1. The predicted octanol–water partition coefficient (Wildman–Crippen LogP) is 2.07. The molecule has 0 saturated carbocycles. The summed E-state index contributed by atoms with van der Waals surface area (Å²) in [6, 6.07) is 7.64. The third-order valence-corrected chi connectivity index (χ3v) is 2.51. The number of benzene rings is 1. The lowest BCUT2D eigenvalue weighted by molar-refractivity contribution is -0.145. The van der Waals surface area contributed by atoms with Crippen LogP contribution in [0.3, 0.4) is 0 Å². The van der Waals surface area contributed by atoms with Crippen molar-refractivity contribution < 1.29 is 9.53 Å². The van der Waals surface area contributed by atoms with Gasteiger partial charge in [0.1, 0.15) is 6.04 Å². The zero-order chi connectivity index (χ0) is 12.0. The van der Waals surface area contributed by atoms with Gasteiger partial charge in [0.05, 0.1) is 6.61 Å². The highest BCUT2D eigenvalue weighted by molar-refractivity contribution is 5.78. The summed E-state index contributed by atoms with van der Waals surface area (Å²) in [6.07, 6.45) is 0.806. The summed E-state index contributed by atoms with van der Waals surface area (Å²) in [5.41, 5.74) is 2.23. The Morgan fingerprint density at radius 2 is 2.00 bits per heavy atom. The van der Waals surface area contributed by atoms with Gasteiger partial charge in [0.25, 0.3) is 0 Å². The molecule has 1 atom stereocenters. The molecule has 0 aromatic heterocycles. The number of ether oxygens (including phenoxy) is 1. The summed E-state index contributed by atoms with van der Waals surface area (Å²) in [5, 5.41) is 2.98. The normalized spacial score (nSPS) is 18.7. The smallest absolute Gasteiger partial charge is 0.327 e. The topological polar surface area (TPSA) is 38.3 Å². The van der Waals surface area contributed by atoms with E-state index in [4.69, 9.17) is 4.74 Å². The van der Waals surface area contributed by atoms with Crippen molar-refractivity contribution >= 4 is 5.97 Å². The van der Waals surface area contributed by atoms with Crippen molar-refractivity contribution in [3.05, 3.63) is 35.4 Å². The van der Waals surface area contributed by atoms with E-state index in [-0.39, 0.29) is 12.0 Å². The lowest BCUT2D eigenvalue weighted by Gasteiger charge is -2.13. The van der Waals surface area contributed by atoms with E-state index >= 15 is 0 Å². The fourth-order valence-corrected chi connectivity index (χ4v) is 1.79. The van der Waals surface area contributed by atoms with Crippen LogP contribution in [0.2, 0.25) is 0 Å². The van der Waals surface area contributed by atoms with Gasteiger partial charge >= 0.3 is 5.97 Å². The molecule has 88 valence electrons. The third-order valence-electron chi connectivity index (χ3n) is 2.51. The summed E-state index contributed by atoms with van der Waals surface area (Å²) in [5.74, 6) is -0.183. The summed E-state index contributed by atoms with van der Waals surface area (Å²) >= 11 is 0. The molecule has 1 aromatic rings. The molecular formula is C13H19NO2. The van der Waals surface area contributed by atoms with Gasteiger partial charge in [-0.05, 0) is 18.2 Å². The van der Waals surface area contributed by atoms with Crippen LogP contribution in [-0.4, -0.2) is 19.6 Å². The number of likely N-dealkylation sites (N-methyl/N-ethyl adjacent to an activating group) is 1. The standard InChI is InChI=1S/C11H13NO2.C2H6/c1-12-10-9-5-3-2-4-8(9)6-7-14-11(10)13;1-2/h2-5,10,12H,6-7H2,1H3;1-2H3. The molecule has 3 nitrogen and oxygen atoms in total. The highest BCUT2D eigenvalue weighted by Gasteiger charge is 2.25.